The molecule has 0 aliphatic heterocycles. The zero-order valence-electron chi connectivity index (χ0n) is 14.4. The summed E-state index contributed by atoms with van der Waals surface area (Å²) in [4.78, 5) is 10.7. The summed E-state index contributed by atoms with van der Waals surface area (Å²) >= 11 is 5.97. The molecule has 2 N–H and O–H groups in total. The molecule has 0 fully saturated rings. The molecule has 0 unspecified atom stereocenters. The number of nitrogens with one attached hydrogen (secondary N) is 2. The number of aromatic nitrogens is 4. The van der Waals surface area contributed by atoms with E-state index < -0.39 is 5.95 Å². The number of nitrogens with zero attached hydrogens (tertiary/aromatic N) is 4. The number of aromatic amines is 1. The first kappa shape index (κ1) is 18.5. The van der Waals surface area contributed by atoms with Crippen LogP contribution >= 0.6 is 11.6 Å². The van der Waals surface area contributed by atoms with Crippen LogP contribution in [-0.4, -0.2) is 33.0 Å². The number of pyridine rings is 1. The number of benzene rings is 1. The van der Waals surface area contributed by atoms with Crippen LogP contribution in [0.15, 0.2) is 53.7 Å². The number of hydrogen-bond donors (Lipinski definition) is 2. The van der Waals surface area contributed by atoms with Gasteiger partial charge in [-0.3, -0.25) is 4.99 Å². The first-order valence-electron chi connectivity index (χ1n) is 7.96. The monoisotopic (exact) mass is 386 g/mol. The van der Waals surface area contributed by atoms with Crippen molar-refractivity contribution in [2.24, 2.45) is 4.99 Å². The van der Waals surface area contributed by atoms with Crippen LogP contribution in [0.5, 0.6) is 5.75 Å². The fourth-order valence-corrected chi connectivity index (χ4v) is 2.29. The van der Waals surface area contributed by atoms with Gasteiger partial charge in [0.25, 0.3) is 0 Å². The Morgan fingerprint density at radius 3 is 2.96 bits per heavy atom. The van der Waals surface area contributed by atoms with Crippen molar-refractivity contribution in [1.29, 1.82) is 0 Å². The molecule has 0 spiro atoms. The van der Waals surface area contributed by atoms with Gasteiger partial charge in [-0.15, -0.1) is 10.2 Å². The van der Waals surface area contributed by atoms with Gasteiger partial charge in [0.1, 0.15) is 18.2 Å². The lowest BCUT2D eigenvalue weighted by atomic mass is 10.3. The van der Waals surface area contributed by atoms with E-state index in [-0.39, 0.29) is 6.61 Å². The topological polar surface area (TPSA) is 88.1 Å². The van der Waals surface area contributed by atoms with Crippen LogP contribution in [0.4, 0.5) is 10.1 Å². The smallest absolute Gasteiger partial charge is 0.213 e. The van der Waals surface area contributed by atoms with E-state index in [1.54, 1.807) is 31.3 Å². The third-order valence-electron chi connectivity index (χ3n) is 3.36. The molecule has 0 radical (unpaired) electrons. The first-order chi connectivity index (χ1) is 13.1. The summed E-state index contributed by atoms with van der Waals surface area (Å²) < 4.78 is 18.2. The maximum absolute atomic E-state index is 12.8. The van der Waals surface area contributed by atoms with Crippen molar-refractivity contribution in [2.75, 3.05) is 12.4 Å². The molecule has 0 aliphatic rings. The second kappa shape index (κ2) is 8.91. The van der Waals surface area contributed by atoms with Crippen LogP contribution in [0.25, 0.3) is 6.08 Å². The standard InChI is InChI=1S/C18H16ClFN6O/c1-21-16(23-13-4-2-3-12(19)9-13)7-8-17-24-18(26-25-17)11-27-14-5-6-15(20)22-10-14/h2-10H,11H2,1H3,(H,21,23)(H,24,25,26)/b8-7-. The summed E-state index contributed by atoms with van der Waals surface area (Å²) in [6.45, 7) is 0.156. The Morgan fingerprint density at radius 2 is 2.22 bits per heavy atom. The number of ether oxygens (including phenoxy) is 1. The van der Waals surface area contributed by atoms with Gasteiger partial charge in [-0.1, -0.05) is 17.7 Å². The van der Waals surface area contributed by atoms with E-state index in [9.17, 15) is 4.39 Å². The maximum Gasteiger partial charge on any atom is 0.213 e. The summed E-state index contributed by atoms with van der Waals surface area (Å²) in [6.07, 6.45) is 4.80. The summed E-state index contributed by atoms with van der Waals surface area (Å²) in [5.74, 6) is 1.57. The van der Waals surface area contributed by atoms with Gasteiger partial charge in [0.15, 0.2) is 11.6 Å². The summed E-state index contributed by atoms with van der Waals surface area (Å²) in [7, 11) is 1.67. The van der Waals surface area contributed by atoms with Gasteiger partial charge < -0.3 is 15.0 Å². The molecule has 0 amide bonds. The molecule has 0 saturated carbocycles. The molecule has 138 valence electrons. The Hall–Kier alpha value is -3.26. The number of amidine groups is 1. The van der Waals surface area contributed by atoms with Gasteiger partial charge in [0, 0.05) is 17.8 Å². The lowest BCUT2D eigenvalue weighted by Crippen LogP contribution is -2.08. The van der Waals surface area contributed by atoms with Gasteiger partial charge in [-0.25, -0.2) is 4.98 Å². The molecule has 9 heteroatoms. The van der Waals surface area contributed by atoms with Crippen molar-refractivity contribution in [3.63, 3.8) is 0 Å². The Kier molecular flexibility index (Phi) is 6.11. The second-order valence-corrected chi connectivity index (χ2v) is 5.78. The minimum atomic E-state index is -0.561. The van der Waals surface area contributed by atoms with Crippen molar-refractivity contribution in [3.05, 3.63) is 71.3 Å². The van der Waals surface area contributed by atoms with E-state index >= 15 is 0 Å². The minimum absolute atomic E-state index is 0.156. The molecule has 3 aromatic rings. The van der Waals surface area contributed by atoms with Crippen LogP contribution in [0.3, 0.4) is 0 Å². The molecule has 0 saturated heterocycles. The number of rotatable bonds is 6. The first-order valence-corrected chi connectivity index (χ1v) is 8.33. The van der Waals surface area contributed by atoms with Crippen LogP contribution in [-0.2, 0) is 6.61 Å². The number of aliphatic imine (C=N–C) groups is 1. The fraction of sp³-hybridized carbons (Fsp3) is 0.111. The third-order valence-corrected chi connectivity index (χ3v) is 3.60. The van der Waals surface area contributed by atoms with Crippen molar-refractivity contribution in [1.82, 2.24) is 20.2 Å². The van der Waals surface area contributed by atoms with E-state index in [1.165, 1.54) is 18.3 Å². The lowest BCUT2D eigenvalue weighted by molar-refractivity contribution is 0.294. The highest BCUT2D eigenvalue weighted by molar-refractivity contribution is 6.31. The molecule has 0 atom stereocenters. The Labute approximate surface area is 160 Å². The van der Waals surface area contributed by atoms with E-state index in [4.69, 9.17) is 16.3 Å². The normalized spacial score (nSPS) is 11.7. The highest BCUT2D eigenvalue weighted by atomic mass is 35.5. The summed E-state index contributed by atoms with van der Waals surface area (Å²) in [5.41, 5.74) is 0.826. The average Bonchev–Trinajstić information content (AvgIpc) is 3.12. The fourth-order valence-electron chi connectivity index (χ4n) is 2.10. The lowest BCUT2D eigenvalue weighted by Gasteiger charge is -2.05. The zero-order chi connectivity index (χ0) is 19.1. The second-order valence-electron chi connectivity index (χ2n) is 5.34. The van der Waals surface area contributed by atoms with E-state index in [0.717, 1.165) is 5.69 Å². The van der Waals surface area contributed by atoms with Gasteiger partial charge in [0.2, 0.25) is 5.95 Å². The maximum atomic E-state index is 12.8. The average molecular weight is 387 g/mol. The van der Waals surface area contributed by atoms with Gasteiger partial charge in [0.05, 0.1) is 6.20 Å². The van der Waals surface area contributed by atoms with Gasteiger partial charge >= 0.3 is 0 Å². The van der Waals surface area contributed by atoms with Crippen molar-refractivity contribution in [2.45, 2.75) is 6.61 Å². The molecule has 27 heavy (non-hydrogen) atoms. The largest absolute Gasteiger partial charge is 0.484 e. The van der Waals surface area contributed by atoms with Crippen LogP contribution in [0.1, 0.15) is 11.6 Å². The Balaban J connectivity index is 1.57. The third kappa shape index (κ3) is 5.61. The zero-order valence-corrected chi connectivity index (χ0v) is 15.1. The van der Waals surface area contributed by atoms with Gasteiger partial charge in [-0.05, 0) is 42.5 Å². The summed E-state index contributed by atoms with van der Waals surface area (Å²) in [5, 5.41) is 11.8. The highest BCUT2D eigenvalue weighted by Crippen LogP contribution is 2.15. The van der Waals surface area contributed by atoms with Crippen LogP contribution in [0, 0.1) is 5.95 Å². The predicted octanol–water partition coefficient (Wildman–Crippen LogP) is 3.72. The number of hydrogen-bond acceptors (Lipinski definition) is 5. The minimum Gasteiger partial charge on any atom is -0.484 e. The quantitative estimate of drug-likeness (QED) is 0.383. The van der Waals surface area contributed by atoms with Crippen LogP contribution < -0.4 is 10.1 Å². The number of halogens is 2. The van der Waals surface area contributed by atoms with E-state index in [2.05, 4.69) is 30.5 Å². The molecule has 1 aromatic carbocycles. The highest BCUT2D eigenvalue weighted by Gasteiger charge is 2.03. The molecule has 2 heterocycles. The molecule has 7 nitrogen and oxygen atoms in total. The molecular formula is C18H16ClFN6O. The van der Waals surface area contributed by atoms with Crippen molar-refractivity contribution >= 4 is 29.2 Å². The Bertz CT molecular complexity index is 954. The Morgan fingerprint density at radius 1 is 1.33 bits per heavy atom. The van der Waals surface area contributed by atoms with Crippen LogP contribution in [0.2, 0.25) is 5.02 Å². The van der Waals surface area contributed by atoms with Crippen molar-refractivity contribution in [3.8, 4) is 5.75 Å². The van der Waals surface area contributed by atoms with E-state index in [0.29, 0.717) is 28.3 Å². The molecule has 0 aliphatic carbocycles. The number of H-pyrrole nitrogens is 1. The van der Waals surface area contributed by atoms with Crippen molar-refractivity contribution < 1.29 is 9.13 Å². The van der Waals surface area contributed by atoms with E-state index in [1.807, 2.05) is 12.1 Å². The predicted molar refractivity (Wildman–Crippen MR) is 102 cm³/mol. The molecular weight excluding hydrogens is 371 g/mol. The molecule has 3 rings (SSSR count). The SMILES string of the molecule is C/N=C(\C=C/c1nnc(COc2ccc(F)nc2)[nH]1)Nc1cccc(Cl)c1. The molecule has 2 aromatic heterocycles. The van der Waals surface area contributed by atoms with Gasteiger partial charge in [-0.2, -0.15) is 4.39 Å². The summed E-state index contributed by atoms with van der Waals surface area (Å²) in [6, 6.07) is 10.0. The number of anilines is 1. The molecule has 0 bridgehead atoms.